The quantitative estimate of drug-likeness (QED) is 0.404. The lowest BCUT2D eigenvalue weighted by molar-refractivity contribution is 0.0523. The van der Waals surface area contributed by atoms with E-state index in [0.29, 0.717) is 34.9 Å². The molecular formula is C25H25BClN5O2. The fourth-order valence-corrected chi connectivity index (χ4v) is 3.60. The monoisotopic (exact) mass is 473 g/mol. The first-order valence-corrected chi connectivity index (χ1v) is 11.2. The van der Waals surface area contributed by atoms with Gasteiger partial charge < -0.3 is 15.4 Å². The molecule has 4 rings (SSSR count). The van der Waals surface area contributed by atoms with E-state index in [0.717, 1.165) is 22.5 Å². The molecule has 4 aromatic rings. The van der Waals surface area contributed by atoms with Crippen molar-refractivity contribution < 1.29 is 9.53 Å². The van der Waals surface area contributed by atoms with E-state index in [1.807, 2.05) is 75.4 Å². The minimum Gasteiger partial charge on any atom is -0.444 e. The lowest BCUT2D eigenvalue weighted by Crippen LogP contribution is -2.32. The summed E-state index contributed by atoms with van der Waals surface area (Å²) in [4.78, 5) is 16.5. The standard InChI is InChI=1S/C25H25BClN5O2/c1-25(2,3)34-24(33)29-14-17-10-8-16(9-11-17)13-28-22-12-21(18-6-4-5-7-20(18)27)31-23-19(26)15-30-32(22)23/h4-12,15,28H,13-14H2,1-3H3,(H,29,33). The lowest BCUT2D eigenvalue weighted by Gasteiger charge is -2.19. The fourth-order valence-electron chi connectivity index (χ4n) is 3.37. The van der Waals surface area contributed by atoms with E-state index in [9.17, 15) is 4.79 Å². The van der Waals surface area contributed by atoms with Crippen LogP contribution in [0.5, 0.6) is 0 Å². The zero-order valence-electron chi connectivity index (χ0n) is 19.3. The van der Waals surface area contributed by atoms with Crippen molar-refractivity contribution in [3.8, 4) is 11.3 Å². The molecule has 0 aliphatic heterocycles. The minimum absolute atomic E-state index is 0.390. The molecule has 2 N–H and O–H groups in total. The van der Waals surface area contributed by atoms with Crippen molar-refractivity contribution in [3.63, 3.8) is 0 Å². The molecular weight excluding hydrogens is 449 g/mol. The molecule has 0 unspecified atom stereocenters. The molecule has 2 heterocycles. The zero-order chi connectivity index (χ0) is 24.3. The van der Waals surface area contributed by atoms with Gasteiger partial charge in [0.1, 0.15) is 19.3 Å². The van der Waals surface area contributed by atoms with E-state index in [4.69, 9.17) is 24.2 Å². The van der Waals surface area contributed by atoms with Crippen LogP contribution in [0, 0.1) is 0 Å². The number of aromatic nitrogens is 3. The first-order valence-electron chi connectivity index (χ1n) is 10.9. The Morgan fingerprint density at radius 2 is 1.76 bits per heavy atom. The number of nitrogens with zero attached hydrogens (tertiary/aromatic N) is 3. The van der Waals surface area contributed by atoms with Crippen molar-refractivity contribution >= 4 is 42.5 Å². The summed E-state index contributed by atoms with van der Waals surface area (Å²) in [6.07, 6.45) is 1.14. The molecule has 2 radical (unpaired) electrons. The van der Waals surface area contributed by atoms with Gasteiger partial charge in [0.25, 0.3) is 0 Å². The second-order valence-electron chi connectivity index (χ2n) is 8.87. The predicted molar refractivity (Wildman–Crippen MR) is 136 cm³/mol. The number of alkyl carbamates (subject to hydrolysis) is 1. The average Bonchev–Trinajstić information content (AvgIpc) is 3.17. The van der Waals surface area contributed by atoms with Gasteiger partial charge in [-0.25, -0.2) is 9.78 Å². The number of amides is 1. The Kier molecular flexibility index (Phi) is 6.79. The molecule has 2 aromatic carbocycles. The number of carbonyl (C=O) groups is 1. The zero-order valence-corrected chi connectivity index (χ0v) is 20.1. The van der Waals surface area contributed by atoms with Crippen molar-refractivity contribution in [1.29, 1.82) is 0 Å². The second kappa shape index (κ2) is 9.77. The average molecular weight is 474 g/mol. The summed E-state index contributed by atoms with van der Waals surface area (Å²) in [7, 11) is 6.09. The third-order valence-corrected chi connectivity index (χ3v) is 5.31. The Hall–Kier alpha value is -3.52. The molecule has 7 nitrogen and oxygen atoms in total. The van der Waals surface area contributed by atoms with Crippen LogP contribution < -0.4 is 16.1 Å². The van der Waals surface area contributed by atoms with Crippen LogP contribution in [0.25, 0.3) is 16.9 Å². The van der Waals surface area contributed by atoms with Gasteiger partial charge in [0.2, 0.25) is 0 Å². The summed E-state index contributed by atoms with van der Waals surface area (Å²) in [5, 5.41) is 11.1. The van der Waals surface area contributed by atoms with E-state index in [1.54, 1.807) is 10.7 Å². The molecule has 172 valence electrons. The highest BCUT2D eigenvalue weighted by atomic mass is 35.5. The number of nitrogens with one attached hydrogen (secondary N) is 2. The summed E-state index contributed by atoms with van der Waals surface area (Å²) < 4.78 is 6.94. The summed E-state index contributed by atoms with van der Waals surface area (Å²) in [5.74, 6) is 0.743. The van der Waals surface area contributed by atoms with Gasteiger partial charge in [0.05, 0.1) is 5.69 Å². The molecule has 0 atom stereocenters. The number of hydrogen-bond donors (Lipinski definition) is 2. The molecule has 0 bridgehead atoms. The number of carbonyl (C=O) groups excluding carboxylic acids is 1. The number of benzene rings is 2. The van der Waals surface area contributed by atoms with Gasteiger partial charge in [-0.05, 0) is 43.4 Å². The third-order valence-electron chi connectivity index (χ3n) is 4.98. The molecule has 0 saturated carbocycles. The topological polar surface area (TPSA) is 80.5 Å². The molecule has 2 aromatic heterocycles. The maximum Gasteiger partial charge on any atom is 0.407 e. The summed E-state index contributed by atoms with van der Waals surface area (Å²) in [5.41, 5.74) is 4.08. The highest BCUT2D eigenvalue weighted by molar-refractivity contribution is 6.36. The van der Waals surface area contributed by atoms with Gasteiger partial charge in [0.15, 0.2) is 5.65 Å². The van der Waals surface area contributed by atoms with Gasteiger partial charge in [-0.15, -0.1) is 0 Å². The van der Waals surface area contributed by atoms with Gasteiger partial charge in [-0.1, -0.05) is 54.1 Å². The number of anilines is 1. The Labute approximate surface area is 204 Å². The van der Waals surface area contributed by atoms with Gasteiger partial charge in [0, 0.05) is 35.9 Å². The van der Waals surface area contributed by atoms with Crippen molar-refractivity contribution in [1.82, 2.24) is 19.9 Å². The molecule has 0 aliphatic rings. The Bertz CT molecular complexity index is 1320. The third kappa shape index (κ3) is 5.69. The maximum atomic E-state index is 11.8. The van der Waals surface area contributed by atoms with E-state index in [1.165, 1.54) is 0 Å². The van der Waals surface area contributed by atoms with Crippen LogP contribution in [-0.4, -0.2) is 34.1 Å². The second-order valence-corrected chi connectivity index (χ2v) is 9.27. The van der Waals surface area contributed by atoms with E-state index >= 15 is 0 Å². The minimum atomic E-state index is -0.525. The van der Waals surface area contributed by atoms with Gasteiger partial charge in [-0.3, -0.25) is 0 Å². The molecule has 0 spiro atoms. The fraction of sp³-hybridized carbons (Fsp3) is 0.240. The van der Waals surface area contributed by atoms with Crippen LogP contribution in [-0.2, 0) is 17.8 Å². The van der Waals surface area contributed by atoms with Crippen LogP contribution in [0.1, 0.15) is 31.9 Å². The smallest absolute Gasteiger partial charge is 0.407 e. The Morgan fingerprint density at radius 3 is 2.44 bits per heavy atom. The largest absolute Gasteiger partial charge is 0.444 e. The van der Waals surface area contributed by atoms with E-state index in [2.05, 4.69) is 20.7 Å². The van der Waals surface area contributed by atoms with E-state index in [-0.39, 0.29) is 0 Å². The van der Waals surface area contributed by atoms with Crippen LogP contribution in [0.2, 0.25) is 5.02 Å². The van der Waals surface area contributed by atoms with Crippen LogP contribution in [0.4, 0.5) is 10.6 Å². The first kappa shape index (κ1) is 23.6. The molecule has 34 heavy (non-hydrogen) atoms. The molecule has 9 heteroatoms. The normalized spacial score (nSPS) is 11.4. The SMILES string of the molecule is [B]c1cnn2c(NCc3ccc(CNC(=O)OC(C)(C)C)cc3)cc(-c3ccccc3Cl)nc12. The Balaban J connectivity index is 1.47. The number of halogens is 1. The first-order chi connectivity index (χ1) is 16.2. The van der Waals surface area contributed by atoms with Gasteiger partial charge in [-0.2, -0.15) is 9.61 Å². The molecule has 1 amide bonds. The highest BCUT2D eigenvalue weighted by Gasteiger charge is 2.16. The molecule has 0 saturated heterocycles. The van der Waals surface area contributed by atoms with Gasteiger partial charge >= 0.3 is 6.09 Å². The van der Waals surface area contributed by atoms with Crippen molar-refractivity contribution in [2.75, 3.05) is 5.32 Å². The van der Waals surface area contributed by atoms with Crippen molar-refractivity contribution in [2.24, 2.45) is 0 Å². The summed E-state index contributed by atoms with van der Waals surface area (Å²) in [6.45, 7) is 6.45. The van der Waals surface area contributed by atoms with E-state index < -0.39 is 11.7 Å². The molecule has 0 fully saturated rings. The lowest BCUT2D eigenvalue weighted by atomic mass is 10.0. The van der Waals surface area contributed by atoms with Crippen molar-refractivity contribution in [2.45, 2.75) is 39.5 Å². The number of rotatable bonds is 6. The number of hydrogen-bond acceptors (Lipinski definition) is 5. The number of fused-ring (bicyclic) bond motifs is 1. The van der Waals surface area contributed by atoms with Crippen LogP contribution >= 0.6 is 11.6 Å². The van der Waals surface area contributed by atoms with Crippen LogP contribution in [0.3, 0.4) is 0 Å². The maximum absolute atomic E-state index is 11.8. The Morgan fingerprint density at radius 1 is 1.09 bits per heavy atom. The summed E-state index contributed by atoms with van der Waals surface area (Å²) >= 11 is 6.39. The molecule has 0 aliphatic carbocycles. The van der Waals surface area contributed by atoms with Crippen molar-refractivity contribution in [3.05, 3.63) is 76.9 Å². The highest BCUT2D eigenvalue weighted by Crippen LogP contribution is 2.28. The predicted octanol–water partition coefficient (Wildman–Crippen LogP) is 4.48. The summed E-state index contributed by atoms with van der Waals surface area (Å²) in [6, 6.07) is 17.4. The van der Waals surface area contributed by atoms with Crippen LogP contribution in [0.15, 0.2) is 60.8 Å². The number of ether oxygens (including phenoxy) is 1.